The van der Waals surface area contributed by atoms with Gasteiger partial charge in [-0.15, -0.1) is 0 Å². The SMILES string of the molecule is CC(O)C1CCCCN1C(=O)C(=O)NCc1ccc(F)cc1. The number of rotatable bonds is 3. The minimum Gasteiger partial charge on any atom is -0.391 e. The summed E-state index contributed by atoms with van der Waals surface area (Å²) in [5, 5.41) is 12.3. The molecule has 1 fully saturated rings. The highest BCUT2D eigenvalue weighted by Gasteiger charge is 2.33. The van der Waals surface area contributed by atoms with E-state index in [0.29, 0.717) is 18.5 Å². The fourth-order valence-corrected chi connectivity index (χ4v) is 2.70. The minimum absolute atomic E-state index is 0.165. The summed E-state index contributed by atoms with van der Waals surface area (Å²) < 4.78 is 12.8. The Kier molecular flexibility index (Phi) is 5.49. The number of piperidine rings is 1. The van der Waals surface area contributed by atoms with Gasteiger partial charge in [-0.3, -0.25) is 9.59 Å². The average Bonchev–Trinajstić information content (AvgIpc) is 2.53. The van der Waals surface area contributed by atoms with Gasteiger partial charge >= 0.3 is 11.8 Å². The van der Waals surface area contributed by atoms with E-state index in [9.17, 15) is 19.1 Å². The molecule has 6 heteroatoms. The van der Waals surface area contributed by atoms with E-state index in [1.165, 1.54) is 17.0 Å². The minimum atomic E-state index is -0.697. The topological polar surface area (TPSA) is 69.6 Å². The normalized spacial score (nSPS) is 19.6. The zero-order chi connectivity index (χ0) is 16.1. The third-order valence-corrected chi connectivity index (χ3v) is 3.93. The van der Waals surface area contributed by atoms with Gasteiger partial charge in [0.15, 0.2) is 0 Å². The Labute approximate surface area is 129 Å². The maximum Gasteiger partial charge on any atom is 0.312 e. The summed E-state index contributed by atoms with van der Waals surface area (Å²) >= 11 is 0. The van der Waals surface area contributed by atoms with Gasteiger partial charge in [-0.25, -0.2) is 4.39 Å². The van der Waals surface area contributed by atoms with Gasteiger partial charge in [0.05, 0.1) is 12.1 Å². The highest BCUT2D eigenvalue weighted by Crippen LogP contribution is 2.20. The monoisotopic (exact) mass is 308 g/mol. The number of carbonyl (C=O) groups is 2. The van der Waals surface area contributed by atoms with Crippen LogP contribution in [0.25, 0.3) is 0 Å². The van der Waals surface area contributed by atoms with Crippen LogP contribution in [0.1, 0.15) is 31.7 Å². The first-order valence-electron chi connectivity index (χ1n) is 7.50. The second-order valence-electron chi connectivity index (χ2n) is 5.61. The van der Waals surface area contributed by atoms with Crippen molar-refractivity contribution in [3.63, 3.8) is 0 Å². The highest BCUT2D eigenvalue weighted by molar-refractivity contribution is 6.35. The van der Waals surface area contributed by atoms with Crippen molar-refractivity contribution in [3.05, 3.63) is 35.6 Å². The predicted molar refractivity (Wildman–Crippen MR) is 79.3 cm³/mol. The van der Waals surface area contributed by atoms with Crippen LogP contribution in [0.2, 0.25) is 0 Å². The third kappa shape index (κ3) is 4.04. The molecule has 1 aromatic carbocycles. The lowest BCUT2D eigenvalue weighted by Crippen LogP contribution is -2.53. The number of aliphatic hydroxyl groups excluding tert-OH is 1. The van der Waals surface area contributed by atoms with Crippen LogP contribution in [0.3, 0.4) is 0 Å². The first-order valence-corrected chi connectivity index (χ1v) is 7.50. The fourth-order valence-electron chi connectivity index (χ4n) is 2.70. The molecular weight excluding hydrogens is 287 g/mol. The molecule has 0 saturated carbocycles. The van der Waals surface area contributed by atoms with E-state index in [2.05, 4.69) is 5.32 Å². The molecule has 2 atom stereocenters. The molecule has 1 saturated heterocycles. The number of hydrogen-bond acceptors (Lipinski definition) is 3. The second kappa shape index (κ2) is 7.35. The lowest BCUT2D eigenvalue weighted by atomic mass is 9.98. The van der Waals surface area contributed by atoms with Crippen molar-refractivity contribution in [2.75, 3.05) is 6.54 Å². The Morgan fingerprint density at radius 3 is 2.68 bits per heavy atom. The molecule has 22 heavy (non-hydrogen) atoms. The van der Waals surface area contributed by atoms with Crippen molar-refractivity contribution in [2.45, 2.75) is 44.9 Å². The summed E-state index contributed by atoms with van der Waals surface area (Å²) in [5.41, 5.74) is 0.716. The van der Waals surface area contributed by atoms with Crippen molar-refractivity contribution >= 4 is 11.8 Å². The van der Waals surface area contributed by atoms with Crippen LogP contribution in [0.15, 0.2) is 24.3 Å². The molecule has 0 aromatic heterocycles. The molecular formula is C16H21FN2O3. The Morgan fingerprint density at radius 1 is 1.36 bits per heavy atom. The molecule has 2 rings (SSSR count). The predicted octanol–water partition coefficient (Wildman–Crippen LogP) is 1.20. The van der Waals surface area contributed by atoms with Gasteiger partial charge in [-0.2, -0.15) is 0 Å². The van der Waals surface area contributed by atoms with Gasteiger partial charge in [-0.1, -0.05) is 12.1 Å². The van der Waals surface area contributed by atoms with Crippen LogP contribution in [0, 0.1) is 5.82 Å². The quantitative estimate of drug-likeness (QED) is 0.825. The number of benzene rings is 1. The smallest absolute Gasteiger partial charge is 0.312 e. The van der Waals surface area contributed by atoms with E-state index in [4.69, 9.17) is 0 Å². The molecule has 1 heterocycles. The molecule has 1 aliphatic heterocycles. The summed E-state index contributed by atoms with van der Waals surface area (Å²) in [6.45, 7) is 2.28. The van der Waals surface area contributed by atoms with Gasteiger partial charge in [0.2, 0.25) is 0 Å². The van der Waals surface area contributed by atoms with Crippen LogP contribution < -0.4 is 5.32 Å². The Morgan fingerprint density at radius 2 is 2.05 bits per heavy atom. The number of nitrogens with one attached hydrogen (secondary N) is 1. The van der Waals surface area contributed by atoms with Gasteiger partial charge in [0.25, 0.3) is 0 Å². The largest absolute Gasteiger partial charge is 0.391 e. The zero-order valence-electron chi connectivity index (χ0n) is 12.6. The van der Waals surface area contributed by atoms with E-state index in [-0.39, 0.29) is 18.4 Å². The van der Waals surface area contributed by atoms with Crippen LogP contribution in [0.4, 0.5) is 4.39 Å². The number of aliphatic hydroxyl groups is 1. The van der Waals surface area contributed by atoms with Gasteiger partial charge in [0.1, 0.15) is 5.82 Å². The summed E-state index contributed by atoms with van der Waals surface area (Å²) in [4.78, 5) is 25.7. The molecule has 0 radical (unpaired) electrons. The lowest BCUT2D eigenvalue weighted by Gasteiger charge is -2.36. The first kappa shape index (κ1) is 16.4. The summed E-state index contributed by atoms with van der Waals surface area (Å²) in [6.07, 6.45) is 1.82. The van der Waals surface area contributed by atoms with Gasteiger partial charge in [-0.05, 0) is 43.9 Å². The van der Waals surface area contributed by atoms with E-state index in [1.807, 2.05) is 0 Å². The summed E-state index contributed by atoms with van der Waals surface area (Å²) in [6, 6.07) is 5.41. The van der Waals surface area contributed by atoms with E-state index in [1.54, 1.807) is 19.1 Å². The first-order chi connectivity index (χ1) is 10.5. The van der Waals surface area contributed by atoms with Crippen LogP contribution >= 0.6 is 0 Å². The van der Waals surface area contributed by atoms with Crippen LogP contribution in [-0.2, 0) is 16.1 Å². The van der Waals surface area contributed by atoms with E-state index < -0.39 is 17.9 Å². The van der Waals surface area contributed by atoms with Crippen molar-refractivity contribution in [1.29, 1.82) is 0 Å². The number of amides is 2. The van der Waals surface area contributed by atoms with E-state index in [0.717, 1.165) is 12.8 Å². The molecule has 1 aliphatic rings. The molecule has 0 aliphatic carbocycles. The van der Waals surface area contributed by atoms with Crippen LogP contribution in [-0.4, -0.2) is 40.5 Å². The van der Waals surface area contributed by atoms with Crippen LogP contribution in [0.5, 0.6) is 0 Å². The molecule has 2 amide bonds. The number of hydrogen-bond donors (Lipinski definition) is 2. The van der Waals surface area contributed by atoms with Crippen molar-refractivity contribution in [3.8, 4) is 0 Å². The molecule has 120 valence electrons. The van der Waals surface area contributed by atoms with Crippen molar-refractivity contribution in [1.82, 2.24) is 10.2 Å². The Hall–Kier alpha value is -1.95. The van der Waals surface area contributed by atoms with E-state index >= 15 is 0 Å². The second-order valence-corrected chi connectivity index (χ2v) is 5.61. The number of nitrogens with zero attached hydrogens (tertiary/aromatic N) is 1. The molecule has 2 unspecified atom stereocenters. The van der Waals surface area contributed by atoms with Crippen molar-refractivity contribution in [2.24, 2.45) is 0 Å². The van der Waals surface area contributed by atoms with Crippen molar-refractivity contribution < 1.29 is 19.1 Å². The number of halogens is 1. The number of likely N-dealkylation sites (tertiary alicyclic amines) is 1. The number of carbonyl (C=O) groups excluding carboxylic acids is 2. The summed E-state index contributed by atoms with van der Waals surface area (Å²) in [5.74, 6) is -1.66. The molecule has 2 N–H and O–H groups in total. The van der Waals surface area contributed by atoms with Gasteiger partial charge in [0, 0.05) is 13.1 Å². The molecule has 0 bridgehead atoms. The molecule has 5 nitrogen and oxygen atoms in total. The van der Waals surface area contributed by atoms with Gasteiger partial charge < -0.3 is 15.3 Å². The Bertz CT molecular complexity index is 531. The highest BCUT2D eigenvalue weighted by atomic mass is 19.1. The molecule has 1 aromatic rings. The maximum atomic E-state index is 12.8. The summed E-state index contributed by atoms with van der Waals surface area (Å²) in [7, 11) is 0. The third-order valence-electron chi connectivity index (χ3n) is 3.93. The fraction of sp³-hybridized carbons (Fsp3) is 0.500. The molecule has 0 spiro atoms. The zero-order valence-corrected chi connectivity index (χ0v) is 12.6. The standard InChI is InChI=1S/C16H21FN2O3/c1-11(20)14-4-2-3-9-19(14)16(22)15(21)18-10-12-5-7-13(17)8-6-12/h5-8,11,14,20H,2-4,9-10H2,1H3,(H,18,21). The maximum absolute atomic E-state index is 12.8. The average molecular weight is 308 g/mol. The Balaban J connectivity index is 1.93. The lowest BCUT2D eigenvalue weighted by molar-refractivity contribution is -0.150.